The number of imidazole rings is 1. The molecule has 0 aliphatic heterocycles. The number of halogens is 2. The molecule has 0 unspecified atom stereocenters. The number of aryl methyl sites for hydroxylation is 3. The third kappa shape index (κ3) is 2.09. The van der Waals surface area contributed by atoms with E-state index in [1.165, 1.54) is 0 Å². The second-order valence-electron chi connectivity index (χ2n) is 4.68. The number of fused-ring (bicyclic) bond motifs is 1. The van der Waals surface area contributed by atoms with Gasteiger partial charge in [0.2, 0.25) is 0 Å². The van der Waals surface area contributed by atoms with Crippen LogP contribution in [0.3, 0.4) is 0 Å². The first-order valence-corrected chi connectivity index (χ1v) is 7.25. The summed E-state index contributed by atoms with van der Waals surface area (Å²) in [5.41, 5.74) is 3.74. The van der Waals surface area contributed by atoms with E-state index in [1.54, 1.807) is 4.68 Å². The molecule has 3 rings (SSSR count). The van der Waals surface area contributed by atoms with E-state index < -0.39 is 0 Å². The molecule has 104 valence electrons. The van der Waals surface area contributed by atoms with Crippen molar-refractivity contribution < 1.29 is 0 Å². The predicted octanol–water partition coefficient (Wildman–Crippen LogP) is 3.50. The molecule has 3 aromatic rings. The van der Waals surface area contributed by atoms with Crippen molar-refractivity contribution in [1.82, 2.24) is 19.3 Å². The normalized spacial score (nSPS) is 11.4. The molecule has 4 nitrogen and oxygen atoms in total. The number of rotatable bonds is 3. The summed E-state index contributed by atoms with van der Waals surface area (Å²) in [7, 11) is 1.91. The van der Waals surface area contributed by atoms with E-state index in [1.807, 2.05) is 38.4 Å². The highest BCUT2D eigenvalue weighted by Gasteiger charge is 2.16. The fourth-order valence-electron chi connectivity index (χ4n) is 2.44. The summed E-state index contributed by atoms with van der Waals surface area (Å²) in [6.45, 7) is 1.98. The smallest absolute Gasteiger partial charge is 0.115 e. The van der Waals surface area contributed by atoms with Crippen LogP contribution in [0, 0.1) is 6.92 Å². The molecule has 6 heteroatoms. The Bertz CT molecular complexity index is 773. The largest absolute Gasteiger partial charge is 0.293 e. The van der Waals surface area contributed by atoms with Crippen molar-refractivity contribution in [2.45, 2.75) is 13.3 Å². The molecule has 0 aliphatic carbocycles. The molecule has 0 N–H and O–H groups in total. The van der Waals surface area contributed by atoms with E-state index in [2.05, 4.69) is 14.6 Å². The molecule has 0 amide bonds. The van der Waals surface area contributed by atoms with E-state index in [0.717, 1.165) is 28.2 Å². The second-order valence-corrected chi connectivity index (χ2v) is 5.47. The van der Waals surface area contributed by atoms with E-state index >= 15 is 0 Å². The van der Waals surface area contributed by atoms with Gasteiger partial charge >= 0.3 is 0 Å². The molecule has 0 radical (unpaired) electrons. The van der Waals surface area contributed by atoms with Gasteiger partial charge in [-0.1, -0.05) is 17.7 Å². The Hall–Kier alpha value is -1.52. The lowest BCUT2D eigenvalue weighted by atomic mass is 10.3. The Morgan fingerprint density at radius 3 is 2.75 bits per heavy atom. The van der Waals surface area contributed by atoms with Crippen LogP contribution in [-0.2, 0) is 13.5 Å². The van der Waals surface area contributed by atoms with Gasteiger partial charge in [-0.05, 0) is 19.1 Å². The third-order valence-corrected chi connectivity index (χ3v) is 3.75. The molecular weight excluding hydrogens is 295 g/mol. The molecule has 2 heterocycles. The second kappa shape index (κ2) is 5.11. The number of hydrogen-bond donors (Lipinski definition) is 0. The highest BCUT2D eigenvalue weighted by Crippen LogP contribution is 2.28. The van der Waals surface area contributed by atoms with Crippen molar-refractivity contribution in [3.05, 3.63) is 40.9 Å². The number of benzene rings is 1. The minimum atomic E-state index is 0.514. The molecular formula is C14H14Cl2N4. The number of alkyl halides is 1. The summed E-state index contributed by atoms with van der Waals surface area (Å²) in [6, 6.07) is 5.79. The maximum absolute atomic E-state index is 6.25. The van der Waals surface area contributed by atoms with Crippen molar-refractivity contribution in [3.63, 3.8) is 0 Å². The molecule has 0 saturated heterocycles. The van der Waals surface area contributed by atoms with E-state index in [4.69, 9.17) is 23.2 Å². The van der Waals surface area contributed by atoms with Gasteiger partial charge in [-0.2, -0.15) is 5.10 Å². The SMILES string of the molecule is Cc1nn(C)cc1-n1c(CCCl)nc2c(Cl)cccc21. The zero-order valence-corrected chi connectivity index (χ0v) is 12.8. The first-order chi connectivity index (χ1) is 9.61. The fourth-order valence-corrected chi connectivity index (χ4v) is 2.82. The van der Waals surface area contributed by atoms with Crippen LogP contribution in [0.5, 0.6) is 0 Å². The molecule has 1 aromatic carbocycles. The number of hydrogen-bond acceptors (Lipinski definition) is 2. The topological polar surface area (TPSA) is 35.6 Å². The molecule has 0 fully saturated rings. The van der Waals surface area contributed by atoms with Gasteiger partial charge in [0.25, 0.3) is 0 Å². The first kappa shape index (κ1) is 13.5. The minimum absolute atomic E-state index is 0.514. The molecule has 0 saturated carbocycles. The van der Waals surface area contributed by atoms with Gasteiger partial charge < -0.3 is 0 Å². The molecule has 0 spiro atoms. The Morgan fingerprint density at radius 1 is 1.30 bits per heavy atom. The fraction of sp³-hybridized carbons (Fsp3) is 0.286. The quantitative estimate of drug-likeness (QED) is 0.694. The Balaban J connectivity index is 2.34. The molecule has 0 aliphatic rings. The Labute approximate surface area is 126 Å². The highest BCUT2D eigenvalue weighted by molar-refractivity contribution is 6.35. The maximum atomic E-state index is 6.25. The van der Waals surface area contributed by atoms with Gasteiger partial charge in [0.1, 0.15) is 11.3 Å². The highest BCUT2D eigenvalue weighted by atomic mass is 35.5. The van der Waals surface area contributed by atoms with Crippen molar-refractivity contribution in [3.8, 4) is 5.69 Å². The summed E-state index contributed by atoms with van der Waals surface area (Å²) >= 11 is 12.1. The summed E-state index contributed by atoms with van der Waals surface area (Å²) in [5.74, 6) is 1.42. The van der Waals surface area contributed by atoms with Gasteiger partial charge in [0.15, 0.2) is 0 Å². The monoisotopic (exact) mass is 308 g/mol. The average molecular weight is 309 g/mol. The van der Waals surface area contributed by atoms with Crippen LogP contribution in [0.2, 0.25) is 5.02 Å². The van der Waals surface area contributed by atoms with Gasteiger partial charge in [0.05, 0.1) is 21.9 Å². The maximum Gasteiger partial charge on any atom is 0.115 e. The van der Waals surface area contributed by atoms with Crippen molar-refractivity contribution in [2.75, 3.05) is 5.88 Å². The average Bonchev–Trinajstić information content (AvgIpc) is 2.91. The molecule has 0 atom stereocenters. The lowest BCUT2D eigenvalue weighted by Gasteiger charge is -2.06. The number of nitrogens with zero attached hydrogens (tertiary/aromatic N) is 4. The summed E-state index contributed by atoms with van der Waals surface area (Å²) in [4.78, 5) is 4.64. The molecule has 2 aromatic heterocycles. The predicted molar refractivity (Wildman–Crippen MR) is 82.0 cm³/mol. The molecule has 20 heavy (non-hydrogen) atoms. The van der Waals surface area contributed by atoms with Crippen LogP contribution >= 0.6 is 23.2 Å². The van der Waals surface area contributed by atoms with E-state index in [-0.39, 0.29) is 0 Å². The van der Waals surface area contributed by atoms with Gasteiger partial charge in [0, 0.05) is 25.5 Å². The minimum Gasteiger partial charge on any atom is -0.293 e. The standard InChI is InChI=1S/C14H14Cl2N4/c1-9-12(8-19(2)18-9)20-11-5-3-4-10(16)14(11)17-13(20)6-7-15/h3-5,8H,6-7H2,1-2H3. The van der Waals surface area contributed by atoms with Gasteiger partial charge in [-0.15, -0.1) is 11.6 Å². The zero-order chi connectivity index (χ0) is 14.3. The van der Waals surface area contributed by atoms with Crippen LogP contribution in [-0.4, -0.2) is 25.2 Å². The lowest BCUT2D eigenvalue weighted by Crippen LogP contribution is -2.02. The van der Waals surface area contributed by atoms with Crippen LogP contribution in [0.15, 0.2) is 24.4 Å². The first-order valence-electron chi connectivity index (χ1n) is 6.34. The molecule has 0 bridgehead atoms. The third-order valence-electron chi connectivity index (χ3n) is 3.25. The van der Waals surface area contributed by atoms with E-state index in [9.17, 15) is 0 Å². The van der Waals surface area contributed by atoms with E-state index in [0.29, 0.717) is 17.3 Å². The van der Waals surface area contributed by atoms with Crippen LogP contribution in [0.1, 0.15) is 11.5 Å². The summed E-state index contributed by atoms with van der Waals surface area (Å²) < 4.78 is 3.89. The van der Waals surface area contributed by atoms with Gasteiger partial charge in [-0.25, -0.2) is 4.98 Å². The Kier molecular flexibility index (Phi) is 3.44. The van der Waals surface area contributed by atoms with Gasteiger partial charge in [-0.3, -0.25) is 9.25 Å². The Morgan fingerprint density at radius 2 is 2.10 bits per heavy atom. The van der Waals surface area contributed by atoms with Crippen LogP contribution < -0.4 is 0 Å². The van der Waals surface area contributed by atoms with Crippen LogP contribution in [0.25, 0.3) is 16.7 Å². The zero-order valence-electron chi connectivity index (χ0n) is 11.3. The summed E-state index contributed by atoms with van der Waals surface area (Å²) in [5, 5.41) is 5.05. The van der Waals surface area contributed by atoms with Crippen molar-refractivity contribution in [1.29, 1.82) is 0 Å². The number of para-hydroxylation sites is 1. The summed E-state index contributed by atoms with van der Waals surface area (Å²) in [6.07, 6.45) is 2.66. The van der Waals surface area contributed by atoms with Crippen LogP contribution in [0.4, 0.5) is 0 Å². The van der Waals surface area contributed by atoms with Crippen molar-refractivity contribution in [2.24, 2.45) is 7.05 Å². The lowest BCUT2D eigenvalue weighted by molar-refractivity contribution is 0.756. The number of aromatic nitrogens is 4. The van der Waals surface area contributed by atoms with Crippen molar-refractivity contribution >= 4 is 34.2 Å².